The molecule has 4 nitrogen and oxygen atoms in total. The Morgan fingerprint density at radius 2 is 1.95 bits per heavy atom. The smallest absolute Gasteiger partial charge is 0.139 e. The number of nitrogens with zero attached hydrogens (tertiary/aromatic N) is 3. The summed E-state index contributed by atoms with van der Waals surface area (Å²) in [5, 5.41) is 6.85. The molecule has 1 aromatic heterocycles. The van der Waals surface area contributed by atoms with Crippen LogP contribution in [0, 0.1) is 0 Å². The summed E-state index contributed by atoms with van der Waals surface area (Å²) in [5.41, 5.74) is 3.48. The SMILES string of the molecule is CN1c2ccccc2N=C(N2CCNCC2)c2ccsc21. The normalized spacial score (nSPS) is 17.9. The Hall–Kier alpha value is -1.85. The van der Waals surface area contributed by atoms with Crippen molar-refractivity contribution in [2.24, 2.45) is 4.99 Å². The number of para-hydroxylation sites is 2. The third-order valence-electron chi connectivity index (χ3n) is 4.08. The van der Waals surface area contributed by atoms with Gasteiger partial charge in [0.25, 0.3) is 0 Å². The minimum atomic E-state index is 1.01. The van der Waals surface area contributed by atoms with Crippen LogP contribution in [0.5, 0.6) is 0 Å². The average molecular weight is 298 g/mol. The number of amidine groups is 1. The van der Waals surface area contributed by atoms with Crippen LogP contribution in [0.1, 0.15) is 5.56 Å². The number of benzene rings is 1. The molecule has 0 amide bonds. The molecule has 0 atom stereocenters. The standard InChI is InChI=1S/C16H18N4S/c1-19-14-5-3-2-4-13(14)18-15(12-6-11-21-16(12)19)20-9-7-17-8-10-20/h2-6,11,17H,7-10H2,1H3. The molecule has 4 rings (SSSR count). The van der Waals surface area contributed by atoms with Gasteiger partial charge in [0.15, 0.2) is 0 Å². The Kier molecular flexibility index (Phi) is 3.16. The molecule has 0 aliphatic carbocycles. The van der Waals surface area contributed by atoms with Gasteiger partial charge in [-0.15, -0.1) is 11.3 Å². The minimum absolute atomic E-state index is 1.01. The van der Waals surface area contributed by atoms with E-state index < -0.39 is 0 Å². The summed E-state index contributed by atoms with van der Waals surface area (Å²) in [4.78, 5) is 9.67. The van der Waals surface area contributed by atoms with Crippen LogP contribution in [0.25, 0.3) is 0 Å². The van der Waals surface area contributed by atoms with Crippen molar-refractivity contribution in [3.8, 4) is 0 Å². The summed E-state index contributed by atoms with van der Waals surface area (Å²) < 4.78 is 0. The van der Waals surface area contributed by atoms with Crippen LogP contribution in [0.15, 0.2) is 40.7 Å². The van der Waals surface area contributed by atoms with Crippen molar-refractivity contribution in [2.45, 2.75) is 0 Å². The number of hydrogen-bond acceptors (Lipinski definition) is 5. The first-order valence-electron chi connectivity index (χ1n) is 7.29. The highest BCUT2D eigenvalue weighted by Gasteiger charge is 2.25. The van der Waals surface area contributed by atoms with E-state index in [0.29, 0.717) is 0 Å². The lowest BCUT2D eigenvalue weighted by Crippen LogP contribution is -2.46. The molecular formula is C16H18N4S. The first kappa shape index (κ1) is 12.9. The molecule has 1 N–H and O–H groups in total. The van der Waals surface area contributed by atoms with Gasteiger partial charge in [-0.05, 0) is 23.6 Å². The van der Waals surface area contributed by atoms with Gasteiger partial charge < -0.3 is 15.1 Å². The van der Waals surface area contributed by atoms with Gasteiger partial charge in [-0.1, -0.05) is 12.1 Å². The molecule has 0 radical (unpaired) electrons. The van der Waals surface area contributed by atoms with E-state index in [1.54, 1.807) is 11.3 Å². The predicted octanol–water partition coefficient (Wildman–Crippen LogP) is 2.81. The first-order chi connectivity index (χ1) is 10.3. The molecule has 3 heterocycles. The molecule has 1 fully saturated rings. The van der Waals surface area contributed by atoms with E-state index in [4.69, 9.17) is 4.99 Å². The lowest BCUT2D eigenvalue weighted by molar-refractivity contribution is 0.358. The Labute approximate surface area is 128 Å². The lowest BCUT2D eigenvalue weighted by atomic mass is 10.2. The average Bonchev–Trinajstić information content (AvgIpc) is 2.98. The maximum absolute atomic E-state index is 5.01. The molecule has 2 aromatic rings. The molecule has 5 heteroatoms. The number of piperazine rings is 1. The molecule has 0 saturated carbocycles. The van der Waals surface area contributed by atoms with E-state index in [9.17, 15) is 0 Å². The van der Waals surface area contributed by atoms with Gasteiger partial charge in [0.05, 0.1) is 16.9 Å². The second-order valence-electron chi connectivity index (χ2n) is 5.36. The number of rotatable bonds is 0. The quantitative estimate of drug-likeness (QED) is 0.811. The topological polar surface area (TPSA) is 30.9 Å². The van der Waals surface area contributed by atoms with Crippen molar-refractivity contribution in [3.63, 3.8) is 0 Å². The van der Waals surface area contributed by atoms with Gasteiger partial charge >= 0.3 is 0 Å². The summed E-state index contributed by atoms with van der Waals surface area (Å²) in [5.74, 6) is 1.12. The summed E-state index contributed by atoms with van der Waals surface area (Å²) in [6.45, 7) is 4.08. The fourth-order valence-corrected chi connectivity index (χ4v) is 3.85. The zero-order chi connectivity index (χ0) is 14.2. The maximum Gasteiger partial charge on any atom is 0.139 e. The molecule has 2 aliphatic heterocycles. The highest BCUT2D eigenvalue weighted by molar-refractivity contribution is 7.14. The van der Waals surface area contributed by atoms with Crippen LogP contribution >= 0.6 is 11.3 Å². The highest BCUT2D eigenvalue weighted by Crippen LogP contribution is 2.41. The fourth-order valence-electron chi connectivity index (χ4n) is 2.97. The van der Waals surface area contributed by atoms with E-state index in [-0.39, 0.29) is 0 Å². The summed E-state index contributed by atoms with van der Waals surface area (Å²) in [6.07, 6.45) is 0. The van der Waals surface area contributed by atoms with Crippen LogP contribution in [0.4, 0.5) is 16.4 Å². The third-order valence-corrected chi connectivity index (χ3v) is 5.07. The van der Waals surface area contributed by atoms with E-state index in [2.05, 4.69) is 57.9 Å². The monoisotopic (exact) mass is 298 g/mol. The molecule has 1 saturated heterocycles. The molecule has 21 heavy (non-hydrogen) atoms. The first-order valence-corrected chi connectivity index (χ1v) is 8.17. The van der Waals surface area contributed by atoms with Gasteiger partial charge in [0.1, 0.15) is 10.8 Å². The van der Waals surface area contributed by atoms with Crippen molar-refractivity contribution >= 4 is 33.5 Å². The van der Waals surface area contributed by atoms with Gasteiger partial charge in [-0.2, -0.15) is 0 Å². The predicted molar refractivity (Wildman–Crippen MR) is 89.5 cm³/mol. The Balaban J connectivity index is 1.88. The summed E-state index contributed by atoms with van der Waals surface area (Å²) in [6, 6.07) is 10.6. The second kappa shape index (κ2) is 5.16. The van der Waals surface area contributed by atoms with Crippen molar-refractivity contribution in [3.05, 3.63) is 41.3 Å². The zero-order valence-corrected chi connectivity index (χ0v) is 12.9. The van der Waals surface area contributed by atoms with Crippen molar-refractivity contribution < 1.29 is 0 Å². The van der Waals surface area contributed by atoms with Gasteiger partial charge in [0, 0.05) is 33.2 Å². The van der Waals surface area contributed by atoms with E-state index in [1.165, 1.54) is 16.3 Å². The number of anilines is 2. The van der Waals surface area contributed by atoms with E-state index in [1.807, 2.05) is 0 Å². The van der Waals surface area contributed by atoms with E-state index >= 15 is 0 Å². The Morgan fingerprint density at radius 1 is 1.14 bits per heavy atom. The van der Waals surface area contributed by atoms with Crippen LogP contribution in [0.3, 0.4) is 0 Å². The molecular weight excluding hydrogens is 280 g/mol. The maximum atomic E-state index is 5.01. The minimum Gasteiger partial charge on any atom is -0.353 e. The highest BCUT2D eigenvalue weighted by atomic mass is 32.1. The molecule has 0 unspecified atom stereocenters. The number of thiophene rings is 1. The second-order valence-corrected chi connectivity index (χ2v) is 6.25. The number of hydrogen-bond donors (Lipinski definition) is 1. The van der Waals surface area contributed by atoms with Crippen molar-refractivity contribution in [2.75, 3.05) is 38.1 Å². The van der Waals surface area contributed by atoms with Crippen molar-refractivity contribution in [1.29, 1.82) is 0 Å². The van der Waals surface area contributed by atoms with Crippen LogP contribution in [0.2, 0.25) is 0 Å². The summed E-state index contributed by atoms with van der Waals surface area (Å²) in [7, 11) is 2.13. The van der Waals surface area contributed by atoms with Crippen LogP contribution in [-0.4, -0.2) is 44.0 Å². The molecule has 108 valence electrons. The summed E-state index contributed by atoms with van der Waals surface area (Å²) >= 11 is 1.78. The molecule has 0 spiro atoms. The van der Waals surface area contributed by atoms with Gasteiger partial charge in [0.2, 0.25) is 0 Å². The third kappa shape index (κ3) is 2.13. The largest absolute Gasteiger partial charge is 0.353 e. The zero-order valence-electron chi connectivity index (χ0n) is 12.0. The molecule has 1 aromatic carbocycles. The van der Waals surface area contributed by atoms with Gasteiger partial charge in [-0.3, -0.25) is 0 Å². The van der Waals surface area contributed by atoms with E-state index in [0.717, 1.165) is 37.7 Å². The number of aliphatic imine (C=N–C) groups is 1. The van der Waals surface area contributed by atoms with Crippen LogP contribution in [-0.2, 0) is 0 Å². The molecule has 0 bridgehead atoms. The van der Waals surface area contributed by atoms with Crippen LogP contribution < -0.4 is 10.2 Å². The molecule has 2 aliphatic rings. The van der Waals surface area contributed by atoms with Crippen molar-refractivity contribution in [1.82, 2.24) is 10.2 Å². The number of fused-ring (bicyclic) bond motifs is 2. The number of nitrogens with one attached hydrogen (secondary N) is 1. The fraction of sp³-hybridized carbons (Fsp3) is 0.312. The Bertz CT molecular complexity index is 685. The van der Waals surface area contributed by atoms with Gasteiger partial charge in [-0.25, -0.2) is 4.99 Å². The Morgan fingerprint density at radius 3 is 2.81 bits per heavy atom. The lowest BCUT2D eigenvalue weighted by Gasteiger charge is -2.30.